The minimum absolute atomic E-state index is 0.0772. The van der Waals surface area contributed by atoms with Crippen molar-refractivity contribution in [1.29, 1.82) is 0 Å². The molecule has 0 aliphatic heterocycles. The number of unbranched alkanes of at least 4 members (excludes halogenated alkanes) is 3. The second-order valence-electron chi connectivity index (χ2n) is 3.25. The van der Waals surface area contributed by atoms with E-state index < -0.39 is 5.97 Å². The van der Waals surface area contributed by atoms with E-state index in [0.717, 1.165) is 18.7 Å². The summed E-state index contributed by atoms with van der Waals surface area (Å²) in [6.07, 6.45) is 4.81. The van der Waals surface area contributed by atoms with Crippen LogP contribution in [0, 0.1) is 0 Å². The van der Waals surface area contributed by atoms with Crippen LogP contribution in [0.25, 0.3) is 0 Å². The highest BCUT2D eigenvalue weighted by Crippen LogP contribution is 1.99. The van der Waals surface area contributed by atoms with Gasteiger partial charge in [0.2, 0.25) is 0 Å². The summed E-state index contributed by atoms with van der Waals surface area (Å²) in [4.78, 5) is 14.4. The molecule has 3 heteroatoms. The van der Waals surface area contributed by atoms with Crippen LogP contribution in [0.4, 0.5) is 0 Å². The molecule has 0 fully saturated rings. The van der Waals surface area contributed by atoms with E-state index in [2.05, 4.69) is 11.9 Å². The van der Waals surface area contributed by atoms with Gasteiger partial charge in [-0.1, -0.05) is 26.2 Å². The molecule has 0 unspecified atom stereocenters. The zero-order chi connectivity index (χ0) is 10.1. The minimum atomic E-state index is -0.796. The predicted octanol–water partition coefficient (Wildman–Crippen LogP) is 2.50. The number of rotatable bonds is 7. The van der Waals surface area contributed by atoms with Gasteiger partial charge in [-0.15, -0.1) is 0 Å². The Morgan fingerprint density at radius 2 is 2.00 bits per heavy atom. The van der Waals surface area contributed by atoms with E-state index in [1.165, 1.54) is 19.3 Å². The number of aliphatic carboxylic acids is 1. The Labute approximate surface area is 79.9 Å². The van der Waals surface area contributed by atoms with Crippen LogP contribution in [0.5, 0.6) is 0 Å². The SMILES string of the molecule is CCCCCCN=C(C)CC(=O)O. The largest absolute Gasteiger partial charge is 0.481 e. The van der Waals surface area contributed by atoms with Crippen LogP contribution in [-0.2, 0) is 4.79 Å². The van der Waals surface area contributed by atoms with Gasteiger partial charge >= 0.3 is 5.97 Å². The first-order valence-corrected chi connectivity index (χ1v) is 4.88. The Morgan fingerprint density at radius 3 is 2.54 bits per heavy atom. The van der Waals surface area contributed by atoms with Crippen LogP contribution >= 0.6 is 0 Å². The van der Waals surface area contributed by atoms with E-state index in [9.17, 15) is 4.79 Å². The highest BCUT2D eigenvalue weighted by atomic mass is 16.4. The van der Waals surface area contributed by atoms with E-state index in [1.54, 1.807) is 6.92 Å². The molecular weight excluding hydrogens is 166 g/mol. The number of carbonyl (C=O) groups is 1. The fourth-order valence-corrected chi connectivity index (χ4v) is 1.08. The summed E-state index contributed by atoms with van der Waals surface area (Å²) >= 11 is 0. The van der Waals surface area contributed by atoms with Gasteiger partial charge in [-0.05, 0) is 13.3 Å². The zero-order valence-corrected chi connectivity index (χ0v) is 8.55. The van der Waals surface area contributed by atoms with Gasteiger partial charge in [0, 0.05) is 12.3 Å². The van der Waals surface area contributed by atoms with Gasteiger partial charge < -0.3 is 5.11 Å². The summed E-state index contributed by atoms with van der Waals surface area (Å²) in [7, 11) is 0. The molecule has 0 aromatic carbocycles. The van der Waals surface area contributed by atoms with E-state index in [0.29, 0.717) is 0 Å². The van der Waals surface area contributed by atoms with Crippen molar-refractivity contribution in [2.24, 2.45) is 4.99 Å². The zero-order valence-electron chi connectivity index (χ0n) is 8.55. The lowest BCUT2D eigenvalue weighted by atomic mass is 10.2. The number of aliphatic imine (C=N–C) groups is 1. The maximum atomic E-state index is 10.3. The lowest BCUT2D eigenvalue weighted by Crippen LogP contribution is -2.03. The molecule has 0 amide bonds. The van der Waals surface area contributed by atoms with Crippen molar-refractivity contribution in [3.63, 3.8) is 0 Å². The summed E-state index contributed by atoms with van der Waals surface area (Å²) in [6.45, 7) is 4.71. The second kappa shape index (κ2) is 7.77. The Morgan fingerprint density at radius 1 is 1.31 bits per heavy atom. The molecule has 0 radical (unpaired) electrons. The minimum Gasteiger partial charge on any atom is -0.481 e. The third kappa shape index (κ3) is 9.05. The number of hydrogen-bond acceptors (Lipinski definition) is 2. The summed E-state index contributed by atoms with van der Waals surface area (Å²) in [5.74, 6) is -0.796. The molecule has 0 aromatic rings. The Kier molecular flexibility index (Phi) is 7.26. The third-order valence-electron chi connectivity index (χ3n) is 1.80. The molecule has 0 saturated heterocycles. The van der Waals surface area contributed by atoms with Crippen LogP contribution < -0.4 is 0 Å². The average molecular weight is 185 g/mol. The topological polar surface area (TPSA) is 49.7 Å². The van der Waals surface area contributed by atoms with Crippen molar-refractivity contribution in [3.8, 4) is 0 Å². The summed E-state index contributed by atoms with van der Waals surface area (Å²) in [5, 5.41) is 8.44. The number of carboxylic acids is 1. The molecule has 0 saturated carbocycles. The average Bonchev–Trinajstić information content (AvgIpc) is 2.02. The molecule has 0 aromatic heterocycles. The summed E-state index contributed by atoms with van der Waals surface area (Å²) < 4.78 is 0. The van der Waals surface area contributed by atoms with Crippen LogP contribution in [-0.4, -0.2) is 23.3 Å². The molecule has 13 heavy (non-hydrogen) atoms. The molecule has 0 heterocycles. The molecule has 1 N–H and O–H groups in total. The Bertz CT molecular complexity index is 176. The summed E-state index contributed by atoms with van der Waals surface area (Å²) in [6, 6.07) is 0. The highest BCUT2D eigenvalue weighted by Gasteiger charge is 1.98. The fourth-order valence-electron chi connectivity index (χ4n) is 1.08. The molecule has 0 spiro atoms. The van der Waals surface area contributed by atoms with Gasteiger partial charge in [-0.25, -0.2) is 0 Å². The first-order valence-electron chi connectivity index (χ1n) is 4.88. The van der Waals surface area contributed by atoms with E-state index in [-0.39, 0.29) is 6.42 Å². The fraction of sp³-hybridized carbons (Fsp3) is 0.800. The molecular formula is C10H19NO2. The van der Waals surface area contributed by atoms with Crippen molar-refractivity contribution < 1.29 is 9.90 Å². The lowest BCUT2D eigenvalue weighted by Gasteiger charge is -1.97. The molecule has 0 bridgehead atoms. The van der Waals surface area contributed by atoms with E-state index in [4.69, 9.17) is 5.11 Å². The molecule has 0 rings (SSSR count). The first kappa shape index (κ1) is 12.1. The van der Waals surface area contributed by atoms with Crippen LogP contribution in [0.2, 0.25) is 0 Å². The summed E-state index contributed by atoms with van der Waals surface area (Å²) in [5.41, 5.74) is 0.726. The quantitative estimate of drug-likeness (QED) is 0.489. The van der Waals surface area contributed by atoms with E-state index >= 15 is 0 Å². The van der Waals surface area contributed by atoms with Gasteiger partial charge in [-0.3, -0.25) is 9.79 Å². The molecule has 3 nitrogen and oxygen atoms in total. The second-order valence-corrected chi connectivity index (χ2v) is 3.25. The lowest BCUT2D eigenvalue weighted by molar-refractivity contribution is -0.135. The van der Waals surface area contributed by atoms with E-state index in [1.807, 2.05) is 0 Å². The van der Waals surface area contributed by atoms with Crippen molar-refractivity contribution >= 4 is 11.7 Å². The number of carboxylic acid groups (broad SMARTS) is 1. The van der Waals surface area contributed by atoms with Crippen molar-refractivity contribution in [3.05, 3.63) is 0 Å². The number of hydrogen-bond donors (Lipinski definition) is 1. The molecule has 0 aliphatic rings. The highest BCUT2D eigenvalue weighted by molar-refractivity contribution is 5.96. The maximum Gasteiger partial charge on any atom is 0.309 e. The van der Waals surface area contributed by atoms with Crippen LogP contribution in [0.3, 0.4) is 0 Å². The maximum absolute atomic E-state index is 10.3. The normalized spacial score (nSPS) is 11.7. The van der Waals surface area contributed by atoms with Gasteiger partial charge in [-0.2, -0.15) is 0 Å². The Balaban J connectivity index is 3.42. The van der Waals surface area contributed by atoms with Gasteiger partial charge in [0.05, 0.1) is 6.42 Å². The van der Waals surface area contributed by atoms with Crippen LogP contribution in [0.15, 0.2) is 4.99 Å². The molecule has 0 atom stereocenters. The molecule has 76 valence electrons. The van der Waals surface area contributed by atoms with Gasteiger partial charge in [0.1, 0.15) is 0 Å². The first-order chi connectivity index (χ1) is 6.16. The predicted molar refractivity (Wildman–Crippen MR) is 54.4 cm³/mol. The smallest absolute Gasteiger partial charge is 0.309 e. The number of nitrogens with zero attached hydrogens (tertiary/aromatic N) is 1. The monoisotopic (exact) mass is 185 g/mol. The molecule has 0 aliphatic carbocycles. The standard InChI is InChI=1S/C10H19NO2/c1-3-4-5-6-7-11-9(2)8-10(12)13/h3-8H2,1-2H3,(H,12,13). The van der Waals surface area contributed by atoms with Crippen molar-refractivity contribution in [1.82, 2.24) is 0 Å². The van der Waals surface area contributed by atoms with Gasteiger partial charge in [0.25, 0.3) is 0 Å². The van der Waals surface area contributed by atoms with Crippen molar-refractivity contribution in [2.45, 2.75) is 46.0 Å². The Hall–Kier alpha value is -0.860. The third-order valence-corrected chi connectivity index (χ3v) is 1.80. The van der Waals surface area contributed by atoms with Crippen LogP contribution in [0.1, 0.15) is 46.0 Å². The van der Waals surface area contributed by atoms with Crippen molar-refractivity contribution in [2.75, 3.05) is 6.54 Å². The van der Waals surface area contributed by atoms with Gasteiger partial charge in [0.15, 0.2) is 0 Å².